The highest BCUT2D eigenvalue weighted by atomic mass is 32.2. The largest absolute Gasteiger partial charge is 0.349 e. The molecule has 0 aliphatic carbocycles. The average molecular weight is 287 g/mol. The first-order valence-electron chi connectivity index (χ1n) is 6.90. The van der Waals surface area contributed by atoms with Crippen LogP contribution in [0.15, 0.2) is 34.2 Å². The van der Waals surface area contributed by atoms with Crippen molar-refractivity contribution in [3.63, 3.8) is 0 Å². The number of thioether (sulfide) groups is 1. The van der Waals surface area contributed by atoms with E-state index in [1.54, 1.807) is 16.3 Å². The number of nitrogens with one attached hydrogen (secondary N) is 1. The molecule has 20 heavy (non-hydrogen) atoms. The quantitative estimate of drug-likeness (QED) is 0.591. The van der Waals surface area contributed by atoms with Crippen molar-refractivity contribution in [3.8, 4) is 0 Å². The van der Waals surface area contributed by atoms with Crippen LogP contribution in [0.25, 0.3) is 21.9 Å². The molecule has 0 saturated carbocycles. The zero-order valence-corrected chi connectivity index (χ0v) is 12.5. The lowest BCUT2D eigenvalue weighted by Gasteiger charge is -2.08. The third-order valence-electron chi connectivity index (χ3n) is 3.33. The average Bonchev–Trinajstić information content (AvgIpc) is 2.84. The fourth-order valence-electron chi connectivity index (χ4n) is 2.36. The molecule has 104 valence electrons. The minimum atomic E-state index is 0.0207. The predicted molar refractivity (Wildman–Crippen MR) is 84.5 cm³/mol. The van der Waals surface area contributed by atoms with Gasteiger partial charge in [-0.05, 0) is 19.4 Å². The summed E-state index contributed by atoms with van der Waals surface area (Å²) in [7, 11) is 0. The molecule has 0 unspecified atom stereocenters. The fraction of sp³-hybridized carbons (Fsp3) is 0.333. The van der Waals surface area contributed by atoms with E-state index >= 15 is 0 Å². The Kier molecular flexibility index (Phi) is 3.53. The molecule has 0 saturated heterocycles. The van der Waals surface area contributed by atoms with Crippen molar-refractivity contribution in [1.82, 2.24) is 14.5 Å². The second kappa shape index (κ2) is 5.32. The van der Waals surface area contributed by atoms with E-state index in [1.165, 1.54) is 0 Å². The first-order valence-corrected chi connectivity index (χ1v) is 7.88. The van der Waals surface area contributed by atoms with Gasteiger partial charge < -0.3 is 4.98 Å². The SMILES string of the molecule is CCCSc1nc2c([nH]c3ccccc32)c(=O)n1CC. The molecule has 0 radical (unpaired) electrons. The summed E-state index contributed by atoms with van der Waals surface area (Å²) in [4.78, 5) is 20.5. The van der Waals surface area contributed by atoms with Crippen LogP contribution in [0.5, 0.6) is 0 Å². The van der Waals surface area contributed by atoms with E-state index in [4.69, 9.17) is 4.98 Å². The van der Waals surface area contributed by atoms with Gasteiger partial charge in [-0.15, -0.1) is 0 Å². The topological polar surface area (TPSA) is 50.7 Å². The number of hydrogen-bond acceptors (Lipinski definition) is 3. The van der Waals surface area contributed by atoms with Crippen molar-refractivity contribution in [2.45, 2.75) is 32.0 Å². The van der Waals surface area contributed by atoms with Crippen LogP contribution < -0.4 is 5.56 Å². The van der Waals surface area contributed by atoms with Gasteiger partial charge in [-0.3, -0.25) is 9.36 Å². The molecule has 0 aliphatic rings. The zero-order chi connectivity index (χ0) is 14.1. The van der Waals surface area contributed by atoms with Gasteiger partial charge in [0.1, 0.15) is 11.0 Å². The predicted octanol–water partition coefficient (Wildman–Crippen LogP) is 3.40. The molecule has 2 aromatic heterocycles. The van der Waals surface area contributed by atoms with Gasteiger partial charge in [-0.1, -0.05) is 36.9 Å². The summed E-state index contributed by atoms with van der Waals surface area (Å²) in [5, 5.41) is 1.83. The summed E-state index contributed by atoms with van der Waals surface area (Å²) in [5.41, 5.74) is 2.38. The fourth-order valence-corrected chi connectivity index (χ4v) is 3.27. The van der Waals surface area contributed by atoms with Crippen LogP contribution in [-0.2, 0) is 6.54 Å². The van der Waals surface area contributed by atoms with E-state index in [0.717, 1.165) is 33.7 Å². The van der Waals surface area contributed by atoms with Crippen LogP contribution >= 0.6 is 11.8 Å². The number of H-pyrrole nitrogens is 1. The van der Waals surface area contributed by atoms with Crippen LogP contribution in [0.3, 0.4) is 0 Å². The van der Waals surface area contributed by atoms with E-state index < -0.39 is 0 Å². The Morgan fingerprint density at radius 1 is 1.30 bits per heavy atom. The molecule has 0 bridgehead atoms. The van der Waals surface area contributed by atoms with E-state index in [9.17, 15) is 4.79 Å². The molecule has 0 atom stereocenters. The summed E-state index contributed by atoms with van der Waals surface area (Å²) in [6.07, 6.45) is 1.07. The van der Waals surface area contributed by atoms with E-state index in [2.05, 4.69) is 11.9 Å². The number of aromatic nitrogens is 3. The molecule has 0 fully saturated rings. The highest BCUT2D eigenvalue weighted by Crippen LogP contribution is 2.24. The van der Waals surface area contributed by atoms with Crippen LogP contribution in [0.4, 0.5) is 0 Å². The summed E-state index contributed by atoms with van der Waals surface area (Å²) in [5.74, 6) is 0.973. The Hall–Kier alpha value is -1.75. The molecule has 5 heteroatoms. The first-order chi connectivity index (χ1) is 9.76. The molecule has 0 spiro atoms. The second-order valence-electron chi connectivity index (χ2n) is 4.69. The van der Waals surface area contributed by atoms with E-state index in [-0.39, 0.29) is 5.56 Å². The number of aromatic amines is 1. The number of rotatable bonds is 4. The molecule has 0 aliphatic heterocycles. The third-order valence-corrected chi connectivity index (χ3v) is 4.51. The Morgan fingerprint density at radius 2 is 2.10 bits per heavy atom. The molecule has 4 nitrogen and oxygen atoms in total. The number of nitrogens with zero attached hydrogens (tertiary/aromatic N) is 2. The van der Waals surface area contributed by atoms with Crippen molar-refractivity contribution in [2.24, 2.45) is 0 Å². The maximum absolute atomic E-state index is 12.6. The van der Waals surface area contributed by atoms with E-state index in [0.29, 0.717) is 12.1 Å². The molecule has 0 amide bonds. The molecule has 3 aromatic rings. The lowest BCUT2D eigenvalue weighted by molar-refractivity contribution is 0.634. The van der Waals surface area contributed by atoms with Gasteiger partial charge in [0.2, 0.25) is 0 Å². The molecule has 3 rings (SSSR count). The van der Waals surface area contributed by atoms with Crippen molar-refractivity contribution >= 4 is 33.7 Å². The van der Waals surface area contributed by atoms with Crippen LogP contribution in [0, 0.1) is 0 Å². The first kappa shape index (κ1) is 13.2. The zero-order valence-electron chi connectivity index (χ0n) is 11.6. The van der Waals surface area contributed by atoms with E-state index in [1.807, 2.05) is 31.2 Å². The number of para-hydroxylation sites is 1. The summed E-state index contributed by atoms with van der Waals surface area (Å²) in [6, 6.07) is 7.92. The molecule has 1 N–H and O–H groups in total. The Bertz CT molecular complexity index is 819. The van der Waals surface area contributed by atoms with Crippen molar-refractivity contribution < 1.29 is 0 Å². The Balaban J connectivity index is 2.34. The van der Waals surface area contributed by atoms with Crippen molar-refractivity contribution in [2.75, 3.05) is 5.75 Å². The number of fused-ring (bicyclic) bond motifs is 3. The van der Waals surface area contributed by atoms with Gasteiger partial charge in [0.25, 0.3) is 5.56 Å². The second-order valence-corrected chi connectivity index (χ2v) is 5.75. The maximum atomic E-state index is 12.6. The summed E-state index contributed by atoms with van der Waals surface area (Å²) < 4.78 is 1.75. The summed E-state index contributed by atoms with van der Waals surface area (Å²) >= 11 is 1.65. The molecular formula is C15H17N3OS. The normalized spacial score (nSPS) is 11.5. The Morgan fingerprint density at radius 3 is 2.85 bits per heavy atom. The Labute approximate surface area is 121 Å². The van der Waals surface area contributed by atoms with Crippen LogP contribution in [-0.4, -0.2) is 20.3 Å². The lowest BCUT2D eigenvalue weighted by atomic mass is 10.2. The van der Waals surface area contributed by atoms with Crippen LogP contribution in [0.2, 0.25) is 0 Å². The van der Waals surface area contributed by atoms with Gasteiger partial charge in [-0.25, -0.2) is 4.98 Å². The minimum absolute atomic E-state index is 0.0207. The maximum Gasteiger partial charge on any atom is 0.278 e. The molecule has 1 aromatic carbocycles. The highest BCUT2D eigenvalue weighted by molar-refractivity contribution is 7.99. The van der Waals surface area contributed by atoms with Gasteiger partial charge in [0, 0.05) is 23.2 Å². The standard InChI is InChI=1S/C15H17N3OS/c1-3-9-20-15-17-12-10-7-5-6-8-11(10)16-13(12)14(19)18(15)4-2/h5-8,16H,3-4,9H2,1-2H3. The number of benzene rings is 1. The van der Waals surface area contributed by atoms with Crippen molar-refractivity contribution in [3.05, 3.63) is 34.6 Å². The minimum Gasteiger partial charge on any atom is -0.349 e. The highest BCUT2D eigenvalue weighted by Gasteiger charge is 2.14. The van der Waals surface area contributed by atoms with Gasteiger partial charge in [-0.2, -0.15) is 0 Å². The van der Waals surface area contributed by atoms with Gasteiger partial charge in [0.15, 0.2) is 5.16 Å². The van der Waals surface area contributed by atoms with Crippen LogP contribution in [0.1, 0.15) is 20.3 Å². The monoisotopic (exact) mass is 287 g/mol. The lowest BCUT2D eigenvalue weighted by Crippen LogP contribution is -2.22. The molecular weight excluding hydrogens is 270 g/mol. The number of hydrogen-bond donors (Lipinski definition) is 1. The summed E-state index contributed by atoms with van der Waals surface area (Å²) in [6.45, 7) is 4.75. The van der Waals surface area contributed by atoms with Crippen molar-refractivity contribution in [1.29, 1.82) is 0 Å². The molecule has 2 heterocycles. The smallest absolute Gasteiger partial charge is 0.278 e. The third kappa shape index (κ3) is 2.02. The van der Waals surface area contributed by atoms with Gasteiger partial charge >= 0.3 is 0 Å². The van der Waals surface area contributed by atoms with Gasteiger partial charge in [0.05, 0.1) is 0 Å².